The fraction of sp³-hybridized carbons (Fsp3) is 0.179. The van der Waals surface area contributed by atoms with Crippen LogP contribution in [-0.4, -0.2) is 19.2 Å². The van der Waals surface area contributed by atoms with Gasteiger partial charge in [0.2, 0.25) is 0 Å². The van der Waals surface area contributed by atoms with Gasteiger partial charge >= 0.3 is 0 Å². The third kappa shape index (κ3) is 9.67. The second kappa shape index (κ2) is 19.6. The van der Waals surface area contributed by atoms with Gasteiger partial charge in [0.15, 0.2) is 5.82 Å². The Morgan fingerprint density at radius 3 is 1.80 bits per heavy atom. The summed E-state index contributed by atoms with van der Waals surface area (Å²) in [7, 11) is 0. The van der Waals surface area contributed by atoms with Crippen LogP contribution in [0.1, 0.15) is 92.7 Å². The maximum atomic E-state index is 9.29. The number of ether oxygens (including phenoxy) is 1. The Morgan fingerprint density at radius 2 is 1.16 bits per heavy atom. The van der Waals surface area contributed by atoms with E-state index < -0.39 is 60.4 Å². The molecular weight excluding hydrogens is 1090 g/mol. The Morgan fingerprint density at radius 1 is 0.554 bits per heavy atom. The molecule has 0 N–H and O–H groups in total. The van der Waals surface area contributed by atoms with Gasteiger partial charge in [-0.25, -0.2) is 4.98 Å². The van der Waals surface area contributed by atoms with E-state index in [4.69, 9.17) is 23.0 Å². The molecule has 6 nitrogen and oxygen atoms in total. The Labute approximate surface area is 464 Å². The minimum absolute atomic E-state index is 0. The molecule has 7 heteroatoms. The Hall–Kier alpha value is -7.66. The Balaban J connectivity index is 0.00000786. The molecule has 0 bridgehead atoms. The second-order valence-corrected chi connectivity index (χ2v) is 21.3. The molecule has 0 fully saturated rings. The van der Waals surface area contributed by atoms with Crippen LogP contribution in [0, 0.1) is 18.5 Å². The van der Waals surface area contributed by atoms with E-state index in [-0.39, 0.29) is 76.7 Å². The van der Waals surface area contributed by atoms with Gasteiger partial charge in [-0.3, -0.25) is 0 Å². The van der Waals surface area contributed by atoms with Gasteiger partial charge < -0.3 is 13.9 Å². The van der Waals surface area contributed by atoms with Crippen LogP contribution in [0.2, 0.25) is 0 Å². The van der Waals surface area contributed by atoms with E-state index in [1.165, 1.54) is 0 Å². The molecule has 0 aliphatic carbocycles. The maximum Gasteiger partial charge on any atom is 0.272 e. The molecule has 74 heavy (non-hydrogen) atoms. The molecule has 3 heterocycles. The van der Waals surface area contributed by atoms with Crippen molar-refractivity contribution in [2.24, 2.45) is 0 Å². The number of hydrogen-bond acceptors (Lipinski definition) is 3. The predicted molar refractivity (Wildman–Crippen MR) is 298 cm³/mol. The molecule has 0 spiro atoms. The van der Waals surface area contributed by atoms with Gasteiger partial charge in [0, 0.05) is 49.8 Å². The summed E-state index contributed by atoms with van der Waals surface area (Å²) < 4.78 is 102. The van der Waals surface area contributed by atoms with Gasteiger partial charge in [-0.2, -0.15) is 16.8 Å². The normalized spacial score (nSPS) is 13.9. The van der Waals surface area contributed by atoms with E-state index in [9.17, 15) is 5.48 Å². The van der Waals surface area contributed by atoms with Gasteiger partial charge in [0.05, 0.1) is 19.4 Å². The van der Waals surface area contributed by atoms with Gasteiger partial charge in [-0.15, -0.1) is 34.9 Å². The third-order valence-electron chi connectivity index (χ3n) is 13.1. The average molecular weight is 1160 g/mol. The number of rotatable bonds is 9. The molecule has 0 aliphatic rings. The van der Waals surface area contributed by atoms with Crippen molar-refractivity contribution in [1.82, 2.24) is 19.2 Å². The number of fused-ring (bicyclic) bond motifs is 3. The summed E-state index contributed by atoms with van der Waals surface area (Å²) in [6, 6.07) is 42.2. The number of nitrogens with zero attached hydrogens (tertiary/aromatic N) is 5. The standard InChI is InChI=1S/C67H59N5O.Pt/c1-65(2,3)48-35-36-68-61(40-48)72-59-34-20-19-31-57(59)62-58(47-27-17-12-18-28-47)42-54(43-60(62)72)73-53-30-21-29-51(41-53)70-44-71(52-38-49(66(4,5)6)37-50(39-52)67(7,8)9)69-64(70)63-55(45-23-13-10-14-24-45)32-22-33-56(63)46-25-15-11-16-26-46;/h10-40,42H,1-9H3;/q-2;/i10D,11D,13D,14D,15D,16D,23D,24D,25D,26D;. The molecular formula is C67H59N5OPt-2. The van der Waals surface area contributed by atoms with Crippen molar-refractivity contribution in [2.75, 3.05) is 0 Å². The quantitative estimate of drug-likeness (QED) is 0.107. The summed E-state index contributed by atoms with van der Waals surface area (Å²) in [6.07, 6.45) is 5.31. The minimum Gasteiger partial charge on any atom is -0.510 e. The van der Waals surface area contributed by atoms with E-state index in [1.54, 1.807) is 45.6 Å². The summed E-state index contributed by atoms with van der Waals surface area (Å²) in [6.45, 7) is 19.3. The Kier molecular flexibility index (Phi) is 10.3. The van der Waals surface area contributed by atoms with Crippen LogP contribution in [0.3, 0.4) is 0 Å². The predicted octanol–water partition coefficient (Wildman–Crippen LogP) is 16.4. The third-order valence-corrected chi connectivity index (χ3v) is 13.1. The smallest absolute Gasteiger partial charge is 0.272 e. The molecule has 0 radical (unpaired) electrons. The number of hydrogen-bond donors (Lipinski definition) is 0. The summed E-state index contributed by atoms with van der Waals surface area (Å²) >= 11 is 0. The van der Waals surface area contributed by atoms with Crippen LogP contribution < -0.4 is 9.42 Å². The zero-order chi connectivity index (χ0) is 59.4. The van der Waals surface area contributed by atoms with Crippen molar-refractivity contribution in [1.29, 1.82) is 0 Å². The molecule has 0 saturated heterocycles. The van der Waals surface area contributed by atoms with Crippen molar-refractivity contribution in [3.05, 3.63) is 229 Å². The van der Waals surface area contributed by atoms with Crippen molar-refractivity contribution in [3.63, 3.8) is 0 Å². The zero-order valence-electron chi connectivity index (χ0n) is 52.7. The van der Waals surface area contributed by atoms with E-state index in [2.05, 4.69) is 122 Å². The first kappa shape index (κ1) is 38.9. The topological polar surface area (TPSA) is 48.8 Å². The zero-order valence-corrected chi connectivity index (χ0v) is 44.9. The number of aromatic nitrogens is 5. The van der Waals surface area contributed by atoms with Gasteiger partial charge in [0.25, 0.3) is 6.33 Å². The fourth-order valence-corrected chi connectivity index (χ4v) is 9.20. The summed E-state index contributed by atoms with van der Waals surface area (Å²) in [5.41, 5.74) is 6.69. The molecule has 11 aromatic rings. The van der Waals surface area contributed by atoms with Crippen LogP contribution in [-0.2, 0) is 37.3 Å². The van der Waals surface area contributed by atoms with Gasteiger partial charge in [-0.1, -0.05) is 224 Å². The van der Waals surface area contributed by atoms with Crippen molar-refractivity contribution < 1.29 is 44.2 Å². The second-order valence-electron chi connectivity index (χ2n) is 21.3. The van der Waals surface area contributed by atoms with Crippen LogP contribution in [0.5, 0.6) is 11.5 Å². The monoisotopic (exact) mass is 1150 g/mol. The maximum absolute atomic E-state index is 9.29. The first-order valence-corrected chi connectivity index (χ1v) is 24.3. The van der Waals surface area contributed by atoms with Crippen LogP contribution in [0.25, 0.3) is 83.8 Å². The van der Waals surface area contributed by atoms with Gasteiger partial charge in [0.1, 0.15) is 5.82 Å². The number of pyridine rings is 1. The fourth-order valence-electron chi connectivity index (χ4n) is 9.20. The van der Waals surface area contributed by atoms with E-state index in [0.29, 0.717) is 17.1 Å². The molecule has 8 aromatic carbocycles. The molecule has 0 aliphatic heterocycles. The van der Waals surface area contributed by atoms with Crippen LogP contribution >= 0.6 is 0 Å². The molecule has 0 unspecified atom stereocenters. The first-order chi connectivity index (χ1) is 39.2. The Bertz CT molecular complexity index is 4260. The van der Waals surface area contributed by atoms with Crippen LogP contribution in [0.4, 0.5) is 0 Å². The summed E-state index contributed by atoms with van der Waals surface area (Å²) in [5.74, 6) is 1.42. The van der Waals surface area contributed by atoms with Crippen molar-refractivity contribution in [3.8, 4) is 73.5 Å². The number of benzene rings is 8. The minimum atomic E-state index is -0.597. The molecule has 0 amide bonds. The summed E-state index contributed by atoms with van der Waals surface area (Å²) in [5, 5.41) is 7.27. The van der Waals surface area contributed by atoms with Crippen molar-refractivity contribution in [2.45, 2.75) is 78.6 Å². The largest absolute Gasteiger partial charge is 0.510 e. The van der Waals surface area contributed by atoms with E-state index in [0.717, 1.165) is 55.4 Å². The first-order valence-electron chi connectivity index (χ1n) is 29.3. The molecule has 11 rings (SSSR count). The van der Waals surface area contributed by atoms with E-state index in [1.807, 2.05) is 60.8 Å². The van der Waals surface area contributed by atoms with Crippen molar-refractivity contribution >= 4 is 21.8 Å². The average Bonchev–Trinajstić information content (AvgIpc) is 1.50. The summed E-state index contributed by atoms with van der Waals surface area (Å²) in [4.78, 5) is 4.93. The molecule has 0 atom stereocenters. The van der Waals surface area contributed by atoms with E-state index >= 15 is 0 Å². The molecule has 0 saturated carbocycles. The van der Waals surface area contributed by atoms with Gasteiger partial charge in [-0.05, 0) is 84.3 Å². The molecule has 370 valence electrons. The molecule has 3 aromatic heterocycles. The SMILES string of the molecule is [2H]c1c([2H])c([2H])c(-c2cccc(-c3c([2H])c([2H])c([2H])c([2H])c3[2H])c2-c2n[n+](-c3cc(C(C)(C)C)cc(C(C)(C)C)c3)[c-]n2-c2[c-]c(Oc3[c-]c4c(c(-c5ccccc5)c3)c3ccccc3n4-c3cc(C(C)(C)C)ccn3)ccc2)c([2H])c1[2H].[Pt]. The van der Waals surface area contributed by atoms with Crippen LogP contribution in [0.15, 0.2) is 194 Å². The number of para-hydroxylation sites is 1.